The van der Waals surface area contributed by atoms with Crippen LogP contribution in [0.4, 0.5) is 0 Å². The molecule has 0 saturated carbocycles. The number of carbonyl (C=O) groups excluding carboxylic acids is 2. The molecule has 0 amide bonds. The van der Waals surface area contributed by atoms with Crippen molar-refractivity contribution in [3.8, 4) is 0 Å². The molecule has 1 unspecified atom stereocenters. The van der Waals surface area contributed by atoms with Crippen molar-refractivity contribution < 1.29 is 23.5 Å². The highest BCUT2D eigenvalue weighted by molar-refractivity contribution is 7.98. The molecule has 1 atom stereocenters. The minimum atomic E-state index is -0.661. The normalized spacial score (nSPS) is 12.0. The third kappa shape index (κ3) is 4.29. The maximum Gasteiger partial charge on any atom is 0.374 e. The highest BCUT2D eigenvalue weighted by atomic mass is 32.2. The average molecular weight is 287 g/mol. The fraction of sp³-hybridized carbons (Fsp3) is 0.500. The van der Waals surface area contributed by atoms with E-state index in [0.717, 1.165) is 5.56 Å². The lowest BCUT2D eigenvalue weighted by molar-refractivity contribution is -0.141. The number of ether oxygens (including phenoxy) is 2. The van der Waals surface area contributed by atoms with Gasteiger partial charge in [0, 0.05) is 11.3 Å². The Balaban J connectivity index is 2.51. The van der Waals surface area contributed by atoms with Gasteiger partial charge in [-0.2, -0.15) is 11.8 Å². The first kappa shape index (κ1) is 15.6. The molecule has 1 heterocycles. The van der Waals surface area contributed by atoms with E-state index < -0.39 is 18.0 Å². The zero-order valence-electron chi connectivity index (χ0n) is 11.1. The lowest BCUT2D eigenvalue weighted by Crippen LogP contribution is -2.33. The van der Waals surface area contributed by atoms with Gasteiger partial charge in [-0.25, -0.2) is 4.79 Å². The molecular weight excluding hydrogens is 270 g/mol. The molecule has 1 rings (SSSR count). The summed E-state index contributed by atoms with van der Waals surface area (Å²) in [5.74, 6) is 0.830. The Kier molecular flexibility index (Phi) is 5.91. The second kappa shape index (κ2) is 7.20. The first-order valence-electron chi connectivity index (χ1n) is 5.58. The quantitative estimate of drug-likeness (QED) is 0.783. The van der Waals surface area contributed by atoms with Crippen molar-refractivity contribution in [2.24, 2.45) is 5.73 Å². The summed E-state index contributed by atoms with van der Waals surface area (Å²) in [6.07, 6.45) is 0. The van der Waals surface area contributed by atoms with E-state index in [-0.39, 0.29) is 5.76 Å². The monoisotopic (exact) mass is 287 g/mol. The van der Waals surface area contributed by atoms with Gasteiger partial charge in [0.2, 0.25) is 5.76 Å². The van der Waals surface area contributed by atoms with Gasteiger partial charge in [-0.3, -0.25) is 4.79 Å². The summed E-state index contributed by atoms with van der Waals surface area (Å²) in [5.41, 5.74) is 6.32. The van der Waals surface area contributed by atoms with Gasteiger partial charge >= 0.3 is 11.9 Å². The van der Waals surface area contributed by atoms with Crippen LogP contribution in [-0.4, -0.2) is 38.0 Å². The topological polar surface area (TPSA) is 91.8 Å². The molecule has 0 radical (unpaired) electrons. The summed E-state index contributed by atoms with van der Waals surface area (Å²) >= 11 is 1.43. The van der Waals surface area contributed by atoms with Gasteiger partial charge in [0.25, 0.3) is 0 Å². The Hall–Kier alpha value is -1.47. The Labute approximate surface area is 115 Å². The Bertz CT molecular complexity index is 457. The maximum absolute atomic E-state index is 11.4. The van der Waals surface area contributed by atoms with E-state index in [4.69, 9.17) is 10.2 Å². The smallest absolute Gasteiger partial charge is 0.374 e. The number of rotatable bonds is 6. The van der Waals surface area contributed by atoms with E-state index in [1.165, 1.54) is 26.0 Å². The molecule has 0 aliphatic carbocycles. The summed E-state index contributed by atoms with van der Waals surface area (Å²) in [6.45, 7) is 1.77. The Morgan fingerprint density at radius 2 is 2.11 bits per heavy atom. The number of nitrogens with two attached hydrogens (primary N) is 1. The molecule has 0 spiro atoms. The molecule has 2 N–H and O–H groups in total. The number of hydrogen-bond donors (Lipinski definition) is 1. The van der Waals surface area contributed by atoms with Gasteiger partial charge in [0.15, 0.2) is 0 Å². The average Bonchev–Trinajstić information content (AvgIpc) is 2.77. The van der Waals surface area contributed by atoms with E-state index >= 15 is 0 Å². The molecule has 7 heteroatoms. The molecule has 0 fully saturated rings. The minimum Gasteiger partial charge on any atom is -0.468 e. The lowest BCUT2D eigenvalue weighted by Gasteiger charge is -2.07. The summed E-state index contributed by atoms with van der Waals surface area (Å²) < 4.78 is 14.5. The van der Waals surface area contributed by atoms with Crippen molar-refractivity contribution in [1.82, 2.24) is 0 Å². The highest BCUT2D eigenvalue weighted by Gasteiger charge is 2.17. The summed E-state index contributed by atoms with van der Waals surface area (Å²) in [7, 11) is 2.60. The zero-order valence-corrected chi connectivity index (χ0v) is 11.9. The third-order valence-electron chi connectivity index (χ3n) is 2.39. The van der Waals surface area contributed by atoms with Gasteiger partial charge in [0.05, 0.1) is 20.0 Å². The number of hydrogen-bond acceptors (Lipinski definition) is 7. The fourth-order valence-corrected chi connectivity index (χ4v) is 2.27. The lowest BCUT2D eigenvalue weighted by atomic mass is 10.3. The standard InChI is InChI=1S/C12H17NO5S/c1-7-4-8(18-10(7)12(15)17-3)5-19-6-9(13)11(14)16-2/h4,9H,5-6,13H2,1-3H3. The van der Waals surface area contributed by atoms with E-state index in [0.29, 0.717) is 17.3 Å². The summed E-state index contributed by atoms with van der Waals surface area (Å²) in [6, 6.07) is 1.11. The minimum absolute atomic E-state index is 0.204. The van der Waals surface area contributed by atoms with Crippen LogP contribution in [0.2, 0.25) is 0 Å². The van der Waals surface area contributed by atoms with Gasteiger partial charge in [0.1, 0.15) is 11.8 Å². The largest absolute Gasteiger partial charge is 0.468 e. The number of furan rings is 1. The molecule has 19 heavy (non-hydrogen) atoms. The SMILES string of the molecule is COC(=O)c1oc(CSCC(N)C(=O)OC)cc1C. The van der Waals surface area contributed by atoms with Crippen LogP contribution in [0.25, 0.3) is 0 Å². The third-order valence-corrected chi connectivity index (χ3v) is 3.47. The Morgan fingerprint density at radius 1 is 1.42 bits per heavy atom. The second-order valence-electron chi connectivity index (χ2n) is 3.86. The van der Waals surface area contributed by atoms with Crippen molar-refractivity contribution >= 4 is 23.7 Å². The molecule has 1 aromatic heterocycles. The van der Waals surface area contributed by atoms with Crippen LogP contribution >= 0.6 is 11.8 Å². The zero-order chi connectivity index (χ0) is 14.4. The van der Waals surface area contributed by atoms with Crippen molar-refractivity contribution in [1.29, 1.82) is 0 Å². The summed E-state index contributed by atoms with van der Waals surface area (Å²) in [5, 5.41) is 0. The van der Waals surface area contributed by atoms with Crippen LogP contribution in [0.3, 0.4) is 0 Å². The highest BCUT2D eigenvalue weighted by Crippen LogP contribution is 2.20. The number of thioether (sulfide) groups is 1. The number of esters is 2. The van der Waals surface area contributed by atoms with E-state index in [1.54, 1.807) is 13.0 Å². The molecule has 0 aliphatic rings. The predicted octanol–water partition coefficient (Wildman–Crippen LogP) is 1.11. The van der Waals surface area contributed by atoms with Crippen LogP contribution in [0.1, 0.15) is 21.9 Å². The van der Waals surface area contributed by atoms with Crippen molar-refractivity contribution in [3.05, 3.63) is 23.2 Å². The molecule has 0 bridgehead atoms. The molecule has 0 aromatic carbocycles. The first-order valence-corrected chi connectivity index (χ1v) is 6.73. The molecular formula is C12H17NO5S. The van der Waals surface area contributed by atoms with E-state index in [1.807, 2.05) is 0 Å². The molecule has 1 aromatic rings. The van der Waals surface area contributed by atoms with Gasteiger partial charge in [-0.05, 0) is 13.0 Å². The number of methoxy groups -OCH3 is 2. The van der Waals surface area contributed by atoms with Crippen molar-refractivity contribution in [3.63, 3.8) is 0 Å². The van der Waals surface area contributed by atoms with Gasteiger partial charge < -0.3 is 19.6 Å². The summed E-state index contributed by atoms with van der Waals surface area (Å²) in [4.78, 5) is 22.4. The first-order chi connectivity index (χ1) is 8.99. The van der Waals surface area contributed by atoms with Gasteiger partial charge in [-0.15, -0.1) is 0 Å². The van der Waals surface area contributed by atoms with Gasteiger partial charge in [-0.1, -0.05) is 0 Å². The van der Waals surface area contributed by atoms with E-state index in [2.05, 4.69) is 9.47 Å². The van der Waals surface area contributed by atoms with Crippen LogP contribution in [0, 0.1) is 6.92 Å². The second-order valence-corrected chi connectivity index (χ2v) is 4.89. The number of carbonyl (C=O) groups is 2. The molecule has 6 nitrogen and oxygen atoms in total. The maximum atomic E-state index is 11.4. The van der Waals surface area contributed by atoms with Crippen LogP contribution in [-0.2, 0) is 20.0 Å². The van der Waals surface area contributed by atoms with E-state index in [9.17, 15) is 9.59 Å². The fourth-order valence-electron chi connectivity index (χ4n) is 1.42. The molecule has 0 aliphatic heterocycles. The molecule has 0 saturated heterocycles. The number of aryl methyl sites for hydroxylation is 1. The van der Waals surface area contributed by atoms with Crippen molar-refractivity contribution in [2.45, 2.75) is 18.7 Å². The Morgan fingerprint density at radius 3 is 2.68 bits per heavy atom. The van der Waals surface area contributed by atoms with Crippen LogP contribution < -0.4 is 5.73 Å². The van der Waals surface area contributed by atoms with Crippen LogP contribution in [0.5, 0.6) is 0 Å². The van der Waals surface area contributed by atoms with Crippen molar-refractivity contribution in [2.75, 3.05) is 20.0 Å². The van der Waals surface area contributed by atoms with Crippen LogP contribution in [0.15, 0.2) is 10.5 Å². The molecule has 106 valence electrons. The predicted molar refractivity (Wildman–Crippen MR) is 70.9 cm³/mol.